The van der Waals surface area contributed by atoms with Crippen LogP contribution < -0.4 is 5.32 Å². The van der Waals surface area contributed by atoms with Crippen molar-refractivity contribution in [1.29, 1.82) is 0 Å². The summed E-state index contributed by atoms with van der Waals surface area (Å²) < 4.78 is 0. The first-order valence-electron chi connectivity index (χ1n) is 6.60. The van der Waals surface area contributed by atoms with Crippen LogP contribution in [-0.2, 0) is 4.79 Å². The van der Waals surface area contributed by atoms with Gasteiger partial charge in [0.1, 0.15) is 0 Å². The summed E-state index contributed by atoms with van der Waals surface area (Å²) in [6.07, 6.45) is 3.07. The molecule has 1 rings (SSSR count). The Hall–Kier alpha value is 0.160. The van der Waals surface area contributed by atoms with Gasteiger partial charge in [0.15, 0.2) is 0 Å². The fourth-order valence-electron chi connectivity index (χ4n) is 1.75. The summed E-state index contributed by atoms with van der Waals surface area (Å²) in [6.45, 7) is 2.31. The van der Waals surface area contributed by atoms with E-state index in [9.17, 15) is 4.79 Å². The molecule has 124 valence electrons. The minimum Gasteiger partial charge on any atom is -0.322 e. The summed E-state index contributed by atoms with van der Waals surface area (Å²) >= 11 is 25.8. The summed E-state index contributed by atoms with van der Waals surface area (Å²) in [5.41, 5.74) is 0.246. The Balaban J connectivity index is 2.74. The number of likely N-dealkylation sites (N-methyl/N-ethyl adjacent to an activating group) is 1. The van der Waals surface area contributed by atoms with Crippen molar-refractivity contribution in [1.82, 2.24) is 4.90 Å². The third kappa shape index (κ3) is 5.66. The zero-order chi connectivity index (χ0) is 16.9. The van der Waals surface area contributed by atoms with E-state index in [1.165, 1.54) is 6.07 Å². The number of carbonyl (C=O) groups excluding carboxylic acids is 1. The quantitative estimate of drug-likeness (QED) is 0.625. The molecule has 3 nitrogen and oxygen atoms in total. The molecule has 1 N–H and O–H groups in total. The van der Waals surface area contributed by atoms with Crippen LogP contribution in [0.5, 0.6) is 0 Å². The van der Waals surface area contributed by atoms with E-state index in [1.807, 2.05) is 11.9 Å². The van der Waals surface area contributed by atoms with Crippen LogP contribution in [0.1, 0.15) is 13.3 Å². The molecule has 0 radical (unpaired) electrons. The maximum absolute atomic E-state index is 12.2. The third-order valence-corrected chi connectivity index (χ3v) is 5.48. The monoisotopic (exact) mass is 402 g/mol. The predicted octanol–water partition coefficient (Wildman–Crippen LogP) is 5.31. The van der Waals surface area contributed by atoms with Crippen molar-refractivity contribution in [2.45, 2.75) is 19.4 Å². The molecule has 0 aliphatic heterocycles. The lowest BCUT2D eigenvalue weighted by molar-refractivity contribution is -0.117. The number of halogens is 4. The van der Waals surface area contributed by atoms with Crippen LogP contribution in [-0.4, -0.2) is 42.4 Å². The molecule has 1 amide bonds. The van der Waals surface area contributed by atoms with Crippen molar-refractivity contribution in [2.24, 2.45) is 0 Å². The lowest BCUT2D eigenvalue weighted by Gasteiger charge is -2.24. The van der Waals surface area contributed by atoms with Crippen LogP contribution in [0, 0.1) is 0 Å². The summed E-state index contributed by atoms with van der Waals surface area (Å²) in [6, 6.07) is 1.74. The molecule has 0 fully saturated rings. The summed E-state index contributed by atoms with van der Waals surface area (Å²) in [4.78, 5) is 14.1. The minimum absolute atomic E-state index is 0.183. The second-order valence-electron chi connectivity index (χ2n) is 4.94. The van der Waals surface area contributed by atoms with E-state index in [4.69, 9.17) is 46.4 Å². The highest BCUT2D eigenvalue weighted by atomic mass is 35.5. The van der Waals surface area contributed by atoms with Gasteiger partial charge in [-0.3, -0.25) is 9.69 Å². The zero-order valence-electron chi connectivity index (χ0n) is 12.6. The standard InChI is InChI=1S/C14H18Cl4N2OS/c1-8(4-5-22-3)20(2)7-11(21)19-14-12(17)9(15)6-10(16)13(14)18/h6,8H,4-5,7H2,1-3H3,(H,19,21)/t8-/m1/s1. The van der Waals surface area contributed by atoms with E-state index in [0.717, 1.165) is 12.2 Å². The largest absolute Gasteiger partial charge is 0.322 e. The van der Waals surface area contributed by atoms with Crippen molar-refractivity contribution < 1.29 is 4.79 Å². The van der Waals surface area contributed by atoms with E-state index < -0.39 is 0 Å². The van der Waals surface area contributed by atoms with Gasteiger partial charge in [-0.25, -0.2) is 0 Å². The van der Waals surface area contributed by atoms with Crippen LogP contribution in [0.4, 0.5) is 5.69 Å². The van der Waals surface area contributed by atoms with Crippen LogP contribution in [0.15, 0.2) is 6.07 Å². The van der Waals surface area contributed by atoms with Crippen LogP contribution in [0.2, 0.25) is 20.1 Å². The lowest BCUT2D eigenvalue weighted by Crippen LogP contribution is -2.36. The van der Waals surface area contributed by atoms with Crippen molar-refractivity contribution >= 4 is 69.8 Å². The topological polar surface area (TPSA) is 32.3 Å². The highest BCUT2D eigenvalue weighted by Gasteiger charge is 2.18. The highest BCUT2D eigenvalue weighted by molar-refractivity contribution is 7.98. The molecule has 0 unspecified atom stereocenters. The number of nitrogens with one attached hydrogen (secondary N) is 1. The normalized spacial score (nSPS) is 12.5. The number of benzene rings is 1. The first-order chi connectivity index (χ1) is 10.3. The van der Waals surface area contributed by atoms with Crippen LogP contribution in [0.25, 0.3) is 0 Å². The first-order valence-corrected chi connectivity index (χ1v) is 9.50. The summed E-state index contributed by atoms with van der Waals surface area (Å²) in [7, 11) is 1.90. The van der Waals surface area contributed by atoms with Gasteiger partial charge in [0.05, 0.1) is 32.3 Å². The van der Waals surface area contributed by atoms with Gasteiger partial charge in [0.25, 0.3) is 0 Å². The van der Waals surface area contributed by atoms with Crippen molar-refractivity contribution in [3.8, 4) is 0 Å². The maximum Gasteiger partial charge on any atom is 0.238 e. The molecule has 0 heterocycles. The smallest absolute Gasteiger partial charge is 0.238 e. The molecule has 0 aromatic heterocycles. The molecule has 0 bridgehead atoms. The van der Waals surface area contributed by atoms with Crippen LogP contribution in [0.3, 0.4) is 0 Å². The Kier molecular flexibility index (Phi) is 8.68. The molecule has 0 spiro atoms. The Bertz CT molecular complexity index is 516. The number of thioether (sulfide) groups is 1. The SMILES string of the molecule is CSCC[C@@H](C)N(C)CC(=O)Nc1c(Cl)c(Cl)cc(Cl)c1Cl. The van der Waals surface area contributed by atoms with Gasteiger partial charge in [-0.1, -0.05) is 46.4 Å². The number of rotatable bonds is 7. The Morgan fingerprint density at radius 1 is 1.27 bits per heavy atom. The number of carbonyl (C=O) groups is 1. The average molecular weight is 404 g/mol. The minimum atomic E-state index is -0.222. The number of hydrogen-bond acceptors (Lipinski definition) is 3. The van der Waals surface area contributed by atoms with Crippen molar-refractivity contribution in [3.05, 3.63) is 26.2 Å². The number of amides is 1. The zero-order valence-corrected chi connectivity index (χ0v) is 16.4. The van der Waals surface area contributed by atoms with E-state index in [2.05, 4.69) is 18.5 Å². The summed E-state index contributed by atoms with van der Waals surface area (Å²) in [5, 5.41) is 3.54. The van der Waals surface area contributed by atoms with E-state index in [0.29, 0.717) is 6.04 Å². The molecular formula is C14H18Cl4N2OS. The average Bonchev–Trinajstić information content (AvgIpc) is 2.47. The summed E-state index contributed by atoms with van der Waals surface area (Å²) in [5.74, 6) is 0.829. The molecular weight excluding hydrogens is 386 g/mol. The van der Waals surface area contributed by atoms with Gasteiger partial charge < -0.3 is 5.32 Å². The molecule has 0 saturated heterocycles. The van der Waals surface area contributed by atoms with Gasteiger partial charge >= 0.3 is 0 Å². The van der Waals surface area contributed by atoms with Crippen molar-refractivity contribution in [3.63, 3.8) is 0 Å². The van der Waals surface area contributed by atoms with Gasteiger partial charge in [-0.2, -0.15) is 11.8 Å². The molecule has 1 aromatic rings. The van der Waals surface area contributed by atoms with E-state index >= 15 is 0 Å². The fourth-order valence-corrected chi connectivity index (χ4v) is 3.23. The molecule has 0 aliphatic carbocycles. The molecule has 1 aromatic carbocycles. The Morgan fingerprint density at radius 2 is 1.82 bits per heavy atom. The fraction of sp³-hybridized carbons (Fsp3) is 0.500. The lowest BCUT2D eigenvalue weighted by atomic mass is 10.2. The molecule has 8 heteroatoms. The molecule has 0 saturated carbocycles. The van der Waals surface area contributed by atoms with Crippen molar-refractivity contribution in [2.75, 3.05) is 30.9 Å². The predicted molar refractivity (Wildman–Crippen MR) is 100 cm³/mol. The second-order valence-corrected chi connectivity index (χ2v) is 7.49. The Morgan fingerprint density at radius 3 is 2.32 bits per heavy atom. The van der Waals surface area contributed by atoms with E-state index in [1.54, 1.807) is 11.8 Å². The van der Waals surface area contributed by atoms with Gasteiger partial charge in [-0.15, -0.1) is 0 Å². The molecule has 1 atom stereocenters. The Labute approximate surface area is 155 Å². The molecule has 22 heavy (non-hydrogen) atoms. The van der Waals surface area contributed by atoms with Gasteiger partial charge in [0, 0.05) is 6.04 Å². The van der Waals surface area contributed by atoms with Gasteiger partial charge in [0.2, 0.25) is 5.91 Å². The third-order valence-electron chi connectivity index (χ3n) is 3.26. The molecule has 0 aliphatic rings. The first kappa shape index (κ1) is 20.2. The second kappa shape index (κ2) is 9.45. The van der Waals surface area contributed by atoms with Crippen LogP contribution >= 0.6 is 58.2 Å². The van der Waals surface area contributed by atoms with E-state index in [-0.39, 0.29) is 38.2 Å². The highest BCUT2D eigenvalue weighted by Crippen LogP contribution is 2.40. The number of hydrogen-bond donors (Lipinski definition) is 1. The number of anilines is 1. The number of nitrogens with zero attached hydrogens (tertiary/aromatic N) is 1. The maximum atomic E-state index is 12.2. The van der Waals surface area contributed by atoms with Gasteiger partial charge in [-0.05, 0) is 38.5 Å².